The van der Waals surface area contributed by atoms with E-state index in [9.17, 15) is 4.79 Å². The van der Waals surface area contributed by atoms with Gasteiger partial charge in [0.05, 0.1) is 6.54 Å². The maximum atomic E-state index is 11.8. The van der Waals surface area contributed by atoms with Crippen LogP contribution >= 0.6 is 31.9 Å². The summed E-state index contributed by atoms with van der Waals surface area (Å²) in [4.78, 5) is 11.8. The Balaban J connectivity index is 2.53. The fourth-order valence-corrected chi connectivity index (χ4v) is 2.51. The zero-order chi connectivity index (χ0) is 13.8. The summed E-state index contributed by atoms with van der Waals surface area (Å²) in [6, 6.07) is 5.80. The lowest BCUT2D eigenvalue weighted by atomic mass is 10.0. The molecule has 0 fully saturated rings. The van der Waals surface area contributed by atoms with Crippen LogP contribution in [0.5, 0.6) is 0 Å². The van der Waals surface area contributed by atoms with Crippen molar-refractivity contribution in [1.82, 2.24) is 5.32 Å². The van der Waals surface area contributed by atoms with Crippen molar-refractivity contribution in [2.75, 3.05) is 11.9 Å². The second kappa shape index (κ2) is 6.57. The molecule has 3 nitrogen and oxygen atoms in total. The smallest absolute Gasteiger partial charge is 0.239 e. The van der Waals surface area contributed by atoms with Crippen LogP contribution in [0, 0.1) is 0 Å². The molecule has 0 spiro atoms. The van der Waals surface area contributed by atoms with Crippen LogP contribution in [0.2, 0.25) is 0 Å². The summed E-state index contributed by atoms with van der Waals surface area (Å²) in [7, 11) is 0. The largest absolute Gasteiger partial charge is 0.375 e. The molecule has 0 atom stereocenters. The Kier molecular flexibility index (Phi) is 5.66. The summed E-state index contributed by atoms with van der Waals surface area (Å²) < 4.78 is 1.93. The van der Waals surface area contributed by atoms with Crippen molar-refractivity contribution < 1.29 is 4.79 Å². The summed E-state index contributed by atoms with van der Waals surface area (Å²) >= 11 is 6.84. The normalized spacial score (nSPS) is 11.2. The molecule has 1 rings (SSSR count). The first-order chi connectivity index (χ1) is 8.34. The van der Waals surface area contributed by atoms with Crippen molar-refractivity contribution in [2.45, 2.75) is 32.7 Å². The average Bonchev–Trinajstić information content (AvgIpc) is 2.27. The van der Waals surface area contributed by atoms with Crippen LogP contribution in [0.25, 0.3) is 0 Å². The monoisotopic (exact) mass is 376 g/mol. The van der Waals surface area contributed by atoms with Crippen molar-refractivity contribution in [3.05, 3.63) is 27.1 Å². The molecule has 0 bridgehead atoms. The van der Waals surface area contributed by atoms with Gasteiger partial charge >= 0.3 is 0 Å². The Morgan fingerprint density at radius 2 is 2.00 bits per heavy atom. The van der Waals surface area contributed by atoms with Gasteiger partial charge in [0, 0.05) is 20.2 Å². The third-order valence-electron chi connectivity index (χ3n) is 2.73. The summed E-state index contributed by atoms with van der Waals surface area (Å²) in [5.41, 5.74) is 0.748. The van der Waals surface area contributed by atoms with Crippen molar-refractivity contribution in [1.29, 1.82) is 0 Å². The van der Waals surface area contributed by atoms with E-state index < -0.39 is 0 Å². The highest BCUT2D eigenvalue weighted by molar-refractivity contribution is 9.11. The van der Waals surface area contributed by atoms with E-state index in [0.717, 1.165) is 21.1 Å². The molecule has 0 aromatic heterocycles. The van der Waals surface area contributed by atoms with Crippen molar-refractivity contribution in [3.63, 3.8) is 0 Å². The summed E-state index contributed by atoms with van der Waals surface area (Å²) in [6.45, 7) is 6.35. The van der Waals surface area contributed by atoms with Crippen molar-refractivity contribution >= 4 is 43.5 Å². The van der Waals surface area contributed by atoms with E-state index in [-0.39, 0.29) is 18.0 Å². The molecule has 2 N–H and O–H groups in total. The number of nitrogens with one attached hydrogen (secondary N) is 2. The summed E-state index contributed by atoms with van der Waals surface area (Å²) in [5, 5.41) is 6.09. The number of amides is 1. The fourth-order valence-electron chi connectivity index (χ4n) is 1.32. The second-order valence-electron chi connectivity index (χ2n) is 4.76. The van der Waals surface area contributed by atoms with Gasteiger partial charge in [-0.2, -0.15) is 0 Å². The third-order valence-corrected chi connectivity index (χ3v) is 3.88. The number of benzene rings is 1. The molecule has 1 aromatic carbocycles. The number of carbonyl (C=O) groups is 1. The minimum atomic E-state index is -0.157. The van der Waals surface area contributed by atoms with E-state index in [2.05, 4.69) is 49.4 Å². The van der Waals surface area contributed by atoms with Gasteiger partial charge in [0.25, 0.3) is 0 Å². The summed E-state index contributed by atoms with van der Waals surface area (Å²) in [6.07, 6.45) is 0.903. The number of hydrogen-bond donors (Lipinski definition) is 2. The second-order valence-corrected chi connectivity index (χ2v) is 6.53. The maximum Gasteiger partial charge on any atom is 0.239 e. The summed E-state index contributed by atoms with van der Waals surface area (Å²) in [5.74, 6) is -0.00308. The minimum absolute atomic E-state index is 0.00308. The van der Waals surface area contributed by atoms with Crippen LogP contribution in [0.4, 0.5) is 5.69 Å². The van der Waals surface area contributed by atoms with Gasteiger partial charge in [-0.25, -0.2) is 0 Å². The molecule has 0 aliphatic heterocycles. The highest BCUT2D eigenvalue weighted by atomic mass is 79.9. The molecular weight excluding hydrogens is 360 g/mol. The molecule has 18 heavy (non-hydrogen) atoms. The van der Waals surface area contributed by atoms with Gasteiger partial charge in [0.1, 0.15) is 0 Å². The Morgan fingerprint density at radius 1 is 1.33 bits per heavy atom. The van der Waals surface area contributed by atoms with E-state index >= 15 is 0 Å². The van der Waals surface area contributed by atoms with E-state index in [4.69, 9.17) is 0 Å². The topological polar surface area (TPSA) is 41.1 Å². The number of halogens is 2. The van der Waals surface area contributed by atoms with Gasteiger partial charge < -0.3 is 10.6 Å². The molecule has 1 aromatic rings. The number of hydrogen-bond acceptors (Lipinski definition) is 2. The molecule has 0 radical (unpaired) electrons. The Labute approximate surface area is 125 Å². The first-order valence-corrected chi connectivity index (χ1v) is 7.42. The van der Waals surface area contributed by atoms with Crippen molar-refractivity contribution in [2.24, 2.45) is 0 Å². The molecule has 0 aliphatic rings. The molecule has 0 aliphatic carbocycles. The molecule has 0 saturated carbocycles. The number of anilines is 1. The van der Waals surface area contributed by atoms with E-state index in [1.54, 1.807) is 0 Å². The molecule has 1 amide bonds. The van der Waals surface area contributed by atoms with Crippen LogP contribution in [0.1, 0.15) is 27.2 Å². The Morgan fingerprint density at radius 3 is 2.56 bits per heavy atom. The zero-order valence-corrected chi connectivity index (χ0v) is 14.0. The first kappa shape index (κ1) is 15.5. The maximum absolute atomic E-state index is 11.8. The van der Waals surface area contributed by atoms with Crippen LogP contribution in [-0.4, -0.2) is 18.0 Å². The van der Waals surface area contributed by atoms with Gasteiger partial charge in [0.15, 0.2) is 0 Å². The predicted octanol–water partition coefficient (Wildman–Crippen LogP) is 3.93. The molecule has 0 saturated heterocycles. The molecular formula is C13H18Br2N2O. The van der Waals surface area contributed by atoms with Crippen LogP contribution < -0.4 is 10.6 Å². The lowest BCUT2D eigenvalue weighted by Gasteiger charge is -2.24. The third kappa shape index (κ3) is 4.98. The average molecular weight is 378 g/mol. The quantitative estimate of drug-likeness (QED) is 0.816. The Bertz CT molecular complexity index is 433. The van der Waals surface area contributed by atoms with Gasteiger partial charge in [-0.3, -0.25) is 4.79 Å². The van der Waals surface area contributed by atoms with Crippen LogP contribution in [0.3, 0.4) is 0 Å². The zero-order valence-electron chi connectivity index (χ0n) is 10.8. The van der Waals surface area contributed by atoms with Gasteiger partial charge in [-0.15, -0.1) is 0 Å². The molecule has 0 unspecified atom stereocenters. The van der Waals surface area contributed by atoms with Crippen LogP contribution in [0.15, 0.2) is 27.1 Å². The lowest BCUT2D eigenvalue weighted by Crippen LogP contribution is -2.45. The van der Waals surface area contributed by atoms with Gasteiger partial charge in [0.2, 0.25) is 5.91 Å². The molecule has 0 heterocycles. The van der Waals surface area contributed by atoms with Crippen LogP contribution in [-0.2, 0) is 4.79 Å². The minimum Gasteiger partial charge on any atom is -0.375 e. The molecule has 100 valence electrons. The highest BCUT2D eigenvalue weighted by Crippen LogP contribution is 2.25. The van der Waals surface area contributed by atoms with E-state index in [1.165, 1.54) is 0 Å². The lowest BCUT2D eigenvalue weighted by molar-refractivity contribution is -0.121. The number of rotatable bonds is 5. The Hall–Kier alpha value is -0.550. The highest BCUT2D eigenvalue weighted by Gasteiger charge is 2.17. The first-order valence-electron chi connectivity index (χ1n) is 5.84. The van der Waals surface area contributed by atoms with Gasteiger partial charge in [-0.1, -0.05) is 22.9 Å². The fraction of sp³-hybridized carbons (Fsp3) is 0.462. The number of carbonyl (C=O) groups excluding carboxylic acids is 1. The predicted molar refractivity (Wildman–Crippen MR) is 82.8 cm³/mol. The van der Waals surface area contributed by atoms with Gasteiger partial charge in [-0.05, 0) is 54.4 Å². The molecule has 5 heteroatoms. The van der Waals surface area contributed by atoms with E-state index in [1.807, 2.05) is 32.0 Å². The standard InChI is InChI=1S/C13H18Br2N2O/c1-4-13(2,3)17-12(18)8-16-11-6-5-9(14)7-10(11)15/h5-7,16H,4,8H2,1-3H3,(H,17,18). The SMILES string of the molecule is CCC(C)(C)NC(=O)CNc1ccc(Br)cc1Br. The van der Waals surface area contributed by atoms with Crippen molar-refractivity contribution in [3.8, 4) is 0 Å². The van der Waals surface area contributed by atoms with E-state index in [0.29, 0.717) is 0 Å².